The van der Waals surface area contributed by atoms with Crippen molar-refractivity contribution in [2.75, 3.05) is 27.4 Å². The molecule has 6 N–H and O–H groups in total. The number of ether oxygens (including phenoxy) is 4. The normalized spacial score (nSPS) is 35.6. The van der Waals surface area contributed by atoms with Crippen LogP contribution in [-0.2, 0) is 66.9 Å². The lowest BCUT2D eigenvalue weighted by Gasteiger charge is -2.59. The van der Waals surface area contributed by atoms with Crippen molar-refractivity contribution in [1.82, 2.24) is 31.9 Å². The number of carbonyl (C=O) groups excluding carboxylic acids is 10. The van der Waals surface area contributed by atoms with E-state index in [9.17, 15) is 47.9 Å². The quantitative estimate of drug-likeness (QED) is 0.104. The van der Waals surface area contributed by atoms with Gasteiger partial charge in [0, 0.05) is 0 Å². The van der Waals surface area contributed by atoms with Crippen LogP contribution < -0.4 is 31.9 Å². The van der Waals surface area contributed by atoms with Crippen LogP contribution in [0.15, 0.2) is 12.2 Å². The Hall–Kier alpha value is -5.56. The number of fused-ring (bicyclic) bond motifs is 5. The molecule has 1 aliphatic heterocycles. The molecule has 1 saturated heterocycles. The first-order valence-electron chi connectivity index (χ1n) is 26.4. The Labute approximate surface area is 428 Å². The summed E-state index contributed by atoms with van der Waals surface area (Å²) in [5.41, 5.74) is -2.25. The topological polar surface area (TPSA) is 280 Å². The third-order valence-electron chi connectivity index (χ3n) is 15.7. The van der Waals surface area contributed by atoms with Gasteiger partial charge in [0.15, 0.2) is 12.1 Å². The molecule has 12 atom stereocenters. The summed E-state index contributed by atoms with van der Waals surface area (Å²) in [5.74, 6) is -10.1. The number of carbonyl (C=O) groups is 10. The molecule has 5 saturated carbocycles. The number of esters is 4. The van der Waals surface area contributed by atoms with Gasteiger partial charge in [-0.25, -0.2) is 9.59 Å². The van der Waals surface area contributed by atoms with Crippen molar-refractivity contribution in [3.8, 4) is 0 Å². The van der Waals surface area contributed by atoms with Gasteiger partial charge in [-0.3, -0.25) is 38.4 Å². The van der Waals surface area contributed by atoms with Gasteiger partial charge in [-0.1, -0.05) is 67.5 Å². The van der Waals surface area contributed by atoms with E-state index in [4.69, 9.17) is 18.9 Å². The van der Waals surface area contributed by atoms with Crippen LogP contribution in [0.25, 0.3) is 0 Å². The minimum atomic E-state index is -1.48. The SMILES string of the molecule is COC(=O)[C@@H]1COC(=O)C23CC4CC(C2)CC(C4)(C3)C(=O)OC[C@@H](C(=O)OC)NC(=O)[C@H](CC(C)C)NC(=O)[C@H](CC(C)C)NC(=O)[C@H]2[C@@H](C(=O)N[C@@H](CC(C)C)C(=O)N[C@@H](CC(C)C)C(=O)N1)[C@H]1C=C[C@@H]2C1. The molecule has 7 rings (SSSR count). The van der Waals surface area contributed by atoms with Gasteiger partial charge in [0.1, 0.15) is 37.4 Å². The number of allylic oxidation sites excluding steroid dienone is 2. The van der Waals surface area contributed by atoms with Crippen molar-refractivity contribution in [3.05, 3.63) is 12.2 Å². The molecule has 20 nitrogen and oxygen atoms in total. The van der Waals surface area contributed by atoms with Gasteiger partial charge in [0.05, 0.1) is 36.9 Å². The van der Waals surface area contributed by atoms with E-state index in [1.54, 1.807) is 0 Å². The van der Waals surface area contributed by atoms with Crippen LogP contribution in [0.5, 0.6) is 0 Å². The third kappa shape index (κ3) is 13.4. The van der Waals surface area contributed by atoms with Crippen LogP contribution in [-0.4, -0.2) is 123 Å². The van der Waals surface area contributed by atoms with E-state index in [2.05, 4.69) is 31.9 Å². The molecular formula is C53H80N6O14. The van der Waals surface area contributed by atoms with Crippen LogP contribution in [0.3, 0.4) is 0 Å². The molecule has 2 spiro atoms. The monoisotopic (exact) mass is 1020 g/mol. The van der Waals surface area contributed by atoms with E-state index >= 15 is 0 Å². The molecule has 73 heavy (non-hydrogen) atoms. The second-order valence-corrected chi connectivity index (χ2v) is 23.7. The van der Waals surface area contributed by atoms with E-state index in [0.717, 1.165) is 20.6 Å². The molecule has 7 aliphatic rings. The number of hydrogen-bond acceptors (Lipinski definition) is 14. The summed E-state index contributed by atoms with van der Waals surface area (Å²) in [7, 11) is 2.25. The second-order valence-electron chi connectivity index (χ2n) is 23.7. The Morgan fingerprint density at radius 2 is 0.795 bits per heavy atom. The number of methoxy groups -OCH3 is 2. The number of amides is 6. The molecule has 2 unspecified atom stereocenters. The molecular weight excluding hydrogens is 945 g/mol. The minimum Gasteiger partial charge on any atom is -0.467 e. The van der Waals surface area contributed by atoms with Crippen molar-refractivity contribution in [2.24, 2.45) is 70.0 Å². The Kier molecular flexibility index (Phi) is 18.5. The zero-order valence-electron chi connectivity index (χ0n) is 44.3. The fourth-order valence-electron chi connectivity index (χ4n) is 13.0. The van der Waals surface area contributed by atoms with E-state index in [1.807, 2.05) is 67.5 Å². The Morgan fingerprint density at radius 3 is 1.10 bits per heavy atom. The van der Waals surface area contributed by atoms with Gasteiger partial charge < -0.3 is 50.8 Å². The first-order chi connectivity index (χ1) is 34.4. The fourth-order valence-corrected chi connectivity index (χ4v) is 13.0. The summed E-state index contributed by atoms with van der Waals surface area (Å²) in [4.78, 5) is 141. The number of nitrogens with one attached hydrogen (secondary N) is 6. The van der Waals surface area contributed by atoms with Crippen LogP contribution in [0.4, 0.5) is 0 Å². The Balaban J connectivity index is 1.35. The minimum absolute atomic E-state index is 0.0426. The lowest BCUT2D eigenvalue weighted by molar-refractivity contribution is -0.195. The summed E-state index contributed by atoms with van der Waals surface area (Å²) in [6.45, 7) is 13.7. The maximum Gasteiger partial charge on any atom is 0.331 e. The highest BCUT2D eigenvalue weighted by Gasteiger charge is 2.64. The summed E-state index contributed by atoms with van der Waals surface area (Å²) in [5, 5.41) is 16.7. The first-order valence-corrected chi connectivity index (χ1v) is 26.4. The largest absolute Gasteiger partial charge is 0.467 e. The molecule has 6 aliphatic carbocycles. The lowest BCUT2D eigenvalue weighted by Crippen LogP contribution is -2.59. The number of rotatable bonds is 10. The van der Waals surface area contributed by atoms with Crippen molar-refractivity contribution in [2.45, 2.75) is 162 Å². The third-order valence-corrected chi connectivity index (χ3v) is 15.7. The predicted octanol–water partition coefficient (Wildman–Crippen LogP) is 2.55. The average Bonchev–Trinajstić information content (AvgIpc) is 3.94. The molecule has 6 bridgehead atoms. The molecule has 0 aromatic heterocycles. The van der Waals surface area contributed by atoms with E-state index in [-0.39, 0.29) is 79.4 Å². The number of hydrogen-bond donors (Lipinski definition) is 6. The highest BCUT2D eigenvalue weighted by molar-refractivity contribution is 5.97. The van der Waals surface area contributed by atoms with Gasteiger partial charge in [0.25, 0.3) is 0 Å². The molecule has 20 heteroatoms. The Bertz CT molecular complexity index is 2000. The molecule has 1 heterocycles. The second kappa shape index (κ2) is 23.8. The zero-order valence-corrected chi connectivity index (χ0v) is 44.3. The van der Waals surface area contributed by atoms with E-state index < -0.39 is 131 Å². The highest BCUT2D eigenvalue weighted by Crippen LogP contribution is 2.66. The van der Waals surface area contributed by atoms with Gasteiger partial charge >= 0.3 is 23.9 Å². The highest BCUT2D eigenvalue weighted by atomic mass is 16.6. The van der Waals surface area contributed by atoms with Gasteiger partial charge in [-0.05, 0) is 118 Å². The summed E-state index contributed by atoms with van der Waals surface area (Å²) in [6.07, 6.45) is 7.41. The van der Waals surface area contributed by atoms with E-state index in [1.165, 1.54) is 0 Å². The van der Waals surface area contributed by atoms with Crippen LogP contribution in [0.1, 0.15) is 126 Å². The van der Waals surface area contributed by atoms with Crippen LogP contribution in [0, 0.1) is 70.0 Å². The van der Waals surface area contributed by atoms with E-state index in [0.29, 0.717) is 32.1 Å². The van der Waals surface area contributed by atoms with Crippen molar-refractivity contribution >= 4 is 59.3 Å². The van der Waals surface area contributed by atoms with Gasteiger partial charge in [-0.2, -0.15) is 0 Å². The standard InChI is InChI=1S/C53H80N6O14/c1-26(2)13-34-44(62)58-38(48(66)70-9)23-72-50(68)52-19-30-17-31(20-52)22-53(21-30,25-52)51(69)73-24-39(49(67)71-10)59-45(63)35(14-27(3)4)55-43(61)37(16-29(7)8)57-47(65)41-33-12-11-32(18-33)40(41)46(64)56-36(15-28(5)6)42(60)54-34/h11-12,26-41H,13-25H2,1-10H3,(H,54,60)(H,55,61)(H,56,64)(H,57,65)(H,58,62)(H,59,63)/t30?,31?,32-,33+,34-,35-,36-,37-,38-,39-,40-,41+,52?,53?/m0/s1. The lowest BCUT2D eigenvalue weighted by atomic mass is 9.44. The molecule has 6 fully saturated rings. The molecule has 6 amide bonds. The van der Waals surface area contributed by atoms with Gasteiger partial charge in [-0.15, -0.1) is 0 Å². The molecule has 0 radical (unpaired) electrons. The maximum atomic E-state index is 14.5. The summed E-state index contributed by atoms with van der Waals surface area (Å²) in [6, 6.07) is -7.65. The van der Waals surface area contributed by atoms with Crippen LogP contribution in [0.2, 0.25) is 0 Å². The smallest absolute Gasteiger partial charge is 0.331 e. The number of cyclic esters (lactones) is 2. The van der Waals surface area contributed by atoms with Crippen molar-refractivity contribution < 1.29 is 66.9 Å². The molecule has 406 valence electrons. The predicted molar refractivity (Wildman–Crippen MR) is 263 cm³/mol. The maximum absolute atomic E-state index is 14.5. The molecule has 0 aromatic carbocycles. The molecule has 0 aromatic rings. The van der Waals surface area contributed by atoms with Crippen molar-refractivity contribution in [1.29, 1.82) is 0 Å². The zero-order chi connectivity index (χ0) is 53.7. The summed E-state index contributed by atoms with van der Waals surface area (Å²) >= 11 is 0. The average molecular weight is 1030 g/mol. The fraction of sp³-hybridized carbons (Fsp3) is 0.774. The first kappa shape index (κ1) is 56.7. The van der Waals surface area contributed by atoms with Crippen molar-refractivity contribution in [3.63, 3.8) is 0 Å². The van der Waals surface area contributed by atoms with Gasteiger partial charge in [0.2, 0.25) is 35.4 Å². The van der Waals surface area contributed by atoms with Crippen LogP contribution >= 0.6 is 0 Å². The summed E-state index contributed by atoms with van der Waals surface area (Å²) < 4.78 is 21.8. The Morgan fingerprint density at radius 1 is 0.493 bits per heavy atom.